The van der Waals surface area contributed by atoms with Crippen molar-refractivity contribution in [3.8, 4) is 0 Å². The van der Waals surface area contributed by atoms with Crippen molar-refractivity contribution in [2.75, 3.05) is 0 Å². The number of carbonyl (C=O) groups excluding carboxylic acids is 1. The quantitative estimate of drug-likeness (QED) is 0.402. The third-order valence-electron chi connectivity index (χ3n) is 3.42. The maximum Gasteiger partial charge on any atom is 0.291 e. The molecule has 0 unspecified atom stereocenters. The van der Waals surface area contributed by atoms with E-state index in [1.807, 2.05) is 47.0 Å². The number of carbonyl (C=O) groups is 1. The van der Waals surface area contributed by atoms with Crippen LogP contribution in [0.5, 0.6) is 0 Å². The van der Waals surface area contributed by atoms with Gasteiger partial charge >= 0.3 is 0 Å². The monoisotopic (exact) mass is 418 g/mol. The van der Waals surface area contributed by atoms with E-state index in [0.29, 0.717) is 5.69 Å². The van der Waals surface area contributed by atoms with Crippen LogP contribution in [-0.2, 0) is 6.42 Å². The van der Waals surface area contributed by atoms with Gasteiger partial charge in [0.2, 0.25) is 0 Å². The van der Waals surface area contributed by atoms with Crippen LogP contribution in [0.2, 0.25) is 0 Å². The van der Waals surface area contributed by atoms with Gasteiger partial charge in [-0.2, -0.15) is 5.10 Å². The maximum atomic E-state index is 12.1. The summed E-state index contributed by atoms with van der Waals surface area (Å²) in [6.07, 6.45) is 6.23. The summed E-state index contributed by atoms with van der Waals surface area (Å²) in [5, 5.41) is 3.99. The average Bonchev–Trinajstić information content (AvgIpc) is 2.98. The Labute approximate surface area is 147 Å². The highest BCUT2D eigenvalue weighted by atomic mass is 127. The van der Waals surface area contributed by atoms with Crippen LogP contribution in [-0.4, -0.2) is 21.5 Å². The molecule has 3 aromatic rings. The third kappa shape index (κ3) is 3.76. The molecule has 1 amide bonds. The van der Waals surface area contributed by atoms with Gasteiger partial charge in [0.05, 0.1) is 6.21 Å². The smallest absolute Gasteiger partial charge is 0.291 e. The summed E-state index contributed by atoms with van der Waals surface area (Å²) in [4.78, 5) is 16.4. The lowest BCUT2D eigenvalue weighted by molar-refractivity contribution is 0.0951. The fourth-order valence-corrected chi connectivity index (χ4v) is 2.62. The summed E-state index contributed by atoms with van der Waals surface area (Å²) in [5.74, 6) is -0.329. The average molecular weight is 418 g/mol. The molecule has 0 saturated heterocycles. The molecule has 0 aliphatic carbocycles. The van der Waals surface area contributed by atoms with E-state index in [0.717, 1.165) is 21.2 Å². The van der Waals surface area contributed by atoms with E-state index in [2.05, 4.69) is 45.0 Å². The number of nitrogens with one attached hydrogen (secondary N) is 1. The van der Waals surface area contributed by atoms with Crippen LogP contribution in [0.15, 0.2) is 53.9 Å². The number of halogens is 1. The Bertz CT molecular complexity index is 868. The second kappa shape index (κ2) is 6.91. The van der Waals surface area contributed by atoms with Crippen LogP contribution in [0.3, 0.4) is 0 Å². The first-order valence-corrected chi connectivity index (χ1v) is 8.30. The Balaban J connectivity index is 1.68. The molecule has 0 aliphatic heterocycles. The lowest BCUT2D eigenvalue weighted by Gasteiger charge is -1.97. The van der Waals surface area contributed by atoms with Crippen LogP contribution in [0, 0.1) is 3.57 Å². The highest BCUT2D eigenvalue weighted by Gasteiger charge is 2.09. The molecule has 0 bridgehead atoms. The van der Waals surface area contributed by atoms with Gasteiger partial charge in [-0.25, -0.2) is 10.4 Å². The van der Waals surface area contributed by atoms with Gasteiger partial charge < -0.3 is 4.40 Å². The molecular weight excluding hydrogens is 403 g/mol. The normalized spacial score (nSPS) is 11.2. The van der Waals surface area contributed by atoms with Crippen molar-refractivity contribution in [3.05, 3.63) is 69.2 Å². The predicted molar refractivity (Wildman–Crippen MR) is 98.8 cm³/mol. The first-order valence-electron chi connectivity index (χ1n) is 7.22. The van der Waals surface area contributed by atoms with Crippen LogP contribution in [0.25, 0.3) is 5.65 Å². The minimum atomic E-state index is -0.329. The Morgan fingerprint density at radius 1 is 1.26 bits per heavy atom. The van der Waals surface area contributed by atoms with Gasteiger partial charge in [-0.15, -0.1) is 0 Å². The van der Waals surface area contributed by atoms with Gasteiger partial charge in [0.25, 0.3) is 5.91 Å². The summed E-state index contributed by atoms with van der Waals surface area (Å²) in [6, 6.07) is 11.9. The molecular formula is C17H15IN4O. The second-order valence-electron chi connectivity index (χ2n) is 5.03. The van der Waals surface area contributed by atoms with Crippen molar-refractivity contribution >= 4 is 40.4 Å². The molecule has 5 nitrogen and oxygen atoms in total. The fraction of sp³-hybridized carbons (Fsp3) is 0.118. The number of rotatable bonds is 4. The molecule has 0 fully saturated rings. The highest BCUT2D eigenvalue weighted by molar-refractivity contribution is 14.1. The number of aryl methyl sites for hydroxylation is 1. The van der Waals surface area contributed by atoms with E-state index in [4.69, 9.17) is 0 Å². The Morgan fingerprint density at radius 3 is 2.78 bits per heavy atom. The Morgan fingerprint density at radius 2 is 2.04 bits per heavy atom. The number of hydrazone groups is 1. The number of aromatic nitrogens is 2. The summed E-state index contributed by atoms with van der Waals surface area (Å²) in [7, 11) is 0. The van der Waals surface area contributed by atoms with Crippen LogP contribution in [0.4, 0.5) is 0 Å². The van der Waals surface area contributed by atoms with E-state index >= 15 is 0 Å². The van der Waals surface area contributed by atoms with E-state index in [-0.39, 0.29) is 5.91 Å². The Kier molecular flexibility index (Phi) is 4.71. The molecule has 1 aromatic carbocycles. The van der Waals surface area contributed by atoms with Crippen molar-refractivity contribution in [2.24, 2.45) is 5.10 Å². The molecule has 0 saturated carbocycles. The summed E-state index contributed by atoms with van der Waals surface area (Å²) in [6.45, 7) is 2.11. The van der Waals surface area contributed by atoms with Crippen molar-refractivity contribution in [1.29, 1.82) is 0 Å². The minimum absolute atomic E-state index is 0.329. The zero-order chi connectivity index (χ0) is 16.2. The number of hydrogen-bond donors (Lipinski definition) is 1. The van der Waals surface area contributed by atoms with Crippen LogP contribution < -0.4 is 5.43 Å². The van der Waals surface area contributed by atoms with Gasteiger partial charge in [0, 0.05) is 16.0 Å². The second-order valence-corrected chi connectivity index (χ2v) is 6.28. The number of pyridine rings is 1. The van der Waals surface area contributed by atoms with Gasteiger partial charge in [-0.3, -0.25) is 4.79 Å². The number of benzene rings is 1. The number of hydrogen-bond acceptors (Lipinski definition) is 3. The Hall–Kier alpha value is -2.22. The molecule has 0 aliphatic rings. The number of imidazole rings is 1. The molecule has 6 heteroatoms. The zero-order valence-corrected chi connectivity index (χ0v) is 14.7. The minimum Gasteiger partial charge on any atom is -0.305 e. The van der Waals surface area contributed by atoms with E-state index in [1.165, 1.54) is 5.56 Å². The van der Waals surface area contributed by atoms with E-state index in [9.17, 15) is 4.79 Å². The topological polar surface area (TPSA) is 58.8 Å². The van der Waals surface area contributed by atoms with Gasteiger partial charge in [-0.1, -0.05) is 31.2 Å². The largest absolute Gasteiger partial charge is 0.305 e. The highest BCUT2D eigenvalue weighted by Crippen LogP contribution is 2.09. The number of nitrogens with zero attached hydrogens (tertiary/aromatic N) is 3. The summed E-state index contributed by atoms with van der Waals surface area (Å²) < 4.78 is 2.90. The number of amides is 1. The maximum absolute atomic E-state index is 12.1. The number of fused-ring (bicyclic) bond motifs is 1. The molecule has 2 aromatic heterocycles. The lowest BCUT2D eigenvalue weighted by atomic mass is 10.1. The molecule has 0 atom stereocenters. The fourth-order valence-electron chi connectivity index (χ4n) is 2.14. The van der Waals surface area contributed by atoms with Crippen molar-refractivity contribution in [2.45, 2.75) is 13.3 Å². The van der Waals surface area contributed by atoms with E-state index < -0.39 is 0 Å². The molecule has 0 spiro atoms. The lowest BCUT2D eigenvalue weighted by Crippen LogP contribution is -2.17. The predicted octanol–water partition coefficient (Wildman–Crippen LogP) is 3.27. The molecule has 116 valence electrons. The summed E-state index contributed by atoms with van der Waals surface area (Å²) in [5.41, 5.74) is 5.78. The SMILES string of the molecule is CCc1ccc(C=NNC(=O)c2cn3cc(I)ccc3n2)cc1. The van der Waals surface area contributed by atoms with Gasteiger partial charge in [-0.05, 0) is 52.3 Å². The van der Waals surface area contributed by atoms with Crippen LogP contribution >= 0.6 is 22.6 Å². The standard InChI is InChI=1S/C17H15IN4O/c1-2-12-3-5-13(6-4-12)9-19-21-17(23)15-11-22-10-14(18)7-8-16(22)20-15/h3-11H,2H2,1H3,(H,21,23). The van der Waals surface area contributed by atoms with Gasteiger partial charge in [0.15, 0.2) is 0 Å². The molecule has 0 radical (unpaired) electrons. The molecule has 1 N–H and O–H groups in total. The summed E-state index contributed by atoms with van der Waals surface area (Å²) >= 11 is 2.22. The zero-order valence-electron chi connectivity index (χ0n) is 12.5. The molecule has 3 rings (SSSR count). The first kappa shape index (κ1) is 15.7. The van der Waals surface area contributed by atoms with E-state index in [1.54, 1.807) is 12.4 Å². The van der Waals surface area contributed by atoms with Crippen molar-refractivity contribution in [1.82, 2.24) is 14.8 Å². The van der Waals surface area contributed by atoms with Crippen LogP contribution in [0.1, 0.15) is 28.5 Å². The van der Waals surface area contributed by atoms with Crippen molar-refractivity contribution < 1.29 is 4.79 Å². The molecule has 2 heterocycles. The third-order valence-corrected chi connectivity index (χ3v) is 4.05. The van der Waals surface area contributed by atoms with Crippen molar-refractivity contribution in [3.63, 3.8) is 0 Å². The van der Waals surface area contributed by atoms with Gasteiger partial charge in [0.1, 0.15) is 11.3 Å². The molecule has 23 heavy (non-hydrogen) atoms. The first-order chi connectivity index (χ1) is 11.2.